The first-order valence-corrected chi connectivity index (χ1v) is 6.37. The molecular weight excluding hydrogens is 350 g/mol. The maximum Gasteiger partial charge on any atom is 0.349 e. The molecule has 0 aromatic heterocycles. The number of primary amides is 1. The van der Waals surface area contributed by atoms with Gasteiger partial charge in [0.25, 0.3) is 0 Å². The minimum absolute atomic E-state index is 1.25. The van der Waals surface area contributed by atoms with Gasteiger partial charge in [0.2, 0.25) is 11.5 Å². The van der Waals surface area contributed by atoms with Crippen LogP contribution in [0.5, 0.6) is 0 Å². The highest BCUT2D eigenvalue weighted by Crippen LogP contribution is 2.25. The van der Waals surface area contributed by atoms with Gasteiger partial charge in [0.15, 0.2) is 5.60 Å². The highest BCUT2D eigenvalue weighted by Gasteiger charge is 2.49. The highest BCUT2D eigenvalue weighted by atomic mass is 16.6. The zero-order chi connectivity index (χ0) is 20.0. The molecular formula is C12H15NO12. The third kappa shape index (κ3) is 6.42. The lowest BCUT2D eigenvalue weighted by atomic mass is 9.93. The molecule has 0 aromatic rings. The van der Waals surface area contributed by atoms with Crippen molar-refractivity contribution in [1.29, 1.82) is 0 Å². The molecule has 25 heavy (non-hydrogen) atoms. The second-order valence-corrected chi connectivity index (χ2v) is 5.07. The number of aliphatic hydroxyl groups is 1. The molecule has 0 rings (SSSR count). The number of hydrogen-bond acceptors (Lipinski definition) is 8. The van der Waals surface area contributed by atoms with Crippen molar-refractivity contribution in [3.63, 3.8) is 0 Å². The van der Waals surface area contributed by atoms with Gasteiger partial charge in [-0.2, -0.15) is 0 Å². The molecule has 0 heterocycles. The van der Waals surface area contributed by atoms with Crippen molar-refractivity contribution in [2.24, 2.45) is 5.73 Å². The predicted molar refractivity (Wildman–Crippen MR) is 72.0 cm³/mol. The normalized spacial score (nSPS) is 15.2. The average Bonchev–Trinajstić information content (AvgIpc) is 2.34. The molecule has 0 aliphatic rings. The first-order chi connectivity index (χ1) is 11.2. The largest absolute Gasteiger partial charge is 0.481 e. The van der Waals surface area contributed by atoms with Crippen molar-refractivity contribution in [2.75, 3.05) is 0 Å². The topological polar surface area (TPSA) is 239 Å². The summed E-state index contributed by atoms with van der Waals surface area (Å²) in [6.07, 6.45) is -5.57. The lowest BCUT2D eigenvalue weighted by Gasteiger charge is -2.28. The smallest absolute Gasteiger partial charge is 0.349 e. The van der Waals surface area contributed by atoms with Crippen LogP contribution < -0.4 is 5.73 Å². The molecule has 7 N–H and O–H groups in total. The van der Waals surface area contributed by atoms with Crippen LogP contribution in [0.2, 0.25) is 0 Å². The zero-order valence-corrected chi connectivity index (χ0v) is 12.5. The van der Waals surface area contributed by atoms with Crippen LogP contribution in [0.15, 0.2) is 0 Å². The molecule has 2 atom stereocenters. The highest BCUT2D eigenvalue weighted by molar-refractivity contribution is 5.93. The molecule has 0 aromatic carbocycles. The molecule has 140 valence electrons. The van der Waals surface area contributed by atoms with Gasteiger partial charge < -0.3 is 36.0 Å². The minimum atomic E-state index is -3.14. The first-order valence-electron chi connectivity index (χ1n) is 6.37. The van der Waals surface area contributed by atoms with Gasteiger partial charge in [0.1, 0.15) is 0 Å². The summed E-state index contributed by atoms with van der Waals surface area (Å²) >= 11 is 0. The van der Waals surface area contributed by atoms with Crippen molar-refractivity contribution in [3.8, 4) is 0 Å². The number of carboxylic acids is 4. The second kappa shape index (κ2) is 8.05. The van der Waals surface area contributed by atoms with Crippen LogP contribution in [0.3, 0.4) is 0 Å². The van der Waals surface area contributed by atoms with Crippen molar-refractivity contribution in [3.05, 3.63) is 0 Å². The summed E-state index contributed by atoms with van der Waals surface area (Å²) in [5.74, 6) is -10.8. The summed E-state index contributed by atoms with van der Waals surface area (Å²) < 4.78 is 4.41. The van der Waals surface area contributed by atoms with Gasteiger partial charge in [-0.05, 0) is 0 Å². The third-order valence-electron chi connectivity index (χ3n) is 2.87. The van der Waals surface area contributed by atoms with Gasteiger partial charge in [-0.1, -0.05) is 0 Å². The minimum Gasteiger partial charge on any atom is -0.481 e. The van der Waals surface area contributed by atoms with Crippen LogP contribution in [-0.2, 0) is 33.5 Å². The third-order valence-corrected chi connectivity index (χ3v) is 2.87. The lowest BCUT2D eigenvalue weighted by Crippen LogP contribution is -2.50. The maximum atomic E-state index is 11.8. The fourth-order valence-corrected chi connectivity index (χ4v) is 1.81. The number of esters is 1. The Morgan fingerprint density at radius 1 is 0.760 bits per heavy atom. The van der Waals surface area contributed by atoms with E-state index in [1.165, 1.54) is 0 Å². The van der Waals surface area contributed by atoms with E-state index in [4.69, 9.17) is 26.2 Å². The van der Waals surface area contributed by atoms with Gasteiger partial charge in [-0.15, -0.1) is 0 Å². The van der Waals surface area contributed by atoms with Crippen LogP contribution in [0.4, 0.5) is 0 Å². The number of carbonyl (C=O) groups excluding carboxylic acids is 2. The number of amides is 1. The van der Waals surface area contributed by atoms with Gasteiger partial charge >= 0.3 is 29.8 Å². The van der Waals surface area contributed by atoms with Crippen LogP contribution in [0.1, 0.15) is 25.7 Å². The predicted octanol–water partition coefficient (Wildman–Crippen LogP) is -2.62. The second-order valence-electron chi connectivity index (χ2n) is 5.07. The van der Waals surface area contributed by atoms with Crippen molar-refractivity contribution in [2.45, 2.75) is 36.9 Å². The summed E-state index contributed by atoms with van der Waals surface area (Å²) in [6, 6.07) is 0. The molecule has 0 bridgehead atoms. The first kappa shape index (κ1) is 21.8. The molecule has 2 unspecified atom stereocenters. The van der Waals surface area contributed by atoms with E-state index >= 15 is 0 Å². The van der Waals surface area contributed by atoms with Gasteiger partial charge in [-0.25, -0.2) is 9.59 Å². The molecule has 0 radical (unpaired) electrons. The van der Waals surface area contributed by atoms with E-state index in [0.717, 1.165) is 0 Å². The average molecular weight is 365 g/mol. The molecule has 0 spiro atoms. The molecule has 0 aliphatic carbocycles. The van der Waals surface area contributed by atoms with Gasteiger partial charge in [0.05, 0.1) is 25.7 Å². The molecule has 0 saturated heterocycles. The standard InChI is InChI=1S/C12H15NO12/c13-5(14)1-12(10(22)23,3-7(17)18)25-8(19)4-11(24,9(20)21)2-6(15)16/h24H,1-4H2,(H2,13,14)(H,15,16)(H,17,18)(H,20,21)(H,22,23). The summed E-state index contributed by atoms with van der Waals surface area (Å²) in [6.45, 7) is 0. The molecule has 13 heteroatoms. The number of nitrogens with two attached hydrogens (primary N) is 1. The number of hydrogen-bond donors (Lipinski definition) is 6. The molecule has 13 nitrogen and oxygen atoms in total. The molecule has 0 aliphatic heterocycles. The van der Waals surface area contributed by atoms with E-state index in [1.807, 2.05) is 0 Å². The fourth-order valence-electron chi connectivity index (χ4n) is 1.81. The number of carbonyl (C=O) groups is 6. The Morgan fingerprint density at radius 2 is 1.24 bits per heavy atom. The van der Waals surface area contributed by atoms with Gasteiger partial charge in [0, 0.05) is 0 Å². The molecule has 1 amide bonds. The van der Waals surface area contributed by atoms with Crippen molar-refractivity contribution in [1.82, 2.24) is 0 Å². The quantitative estimate of drug-likeness (QED) is 0.206. The number of rotatable bonds is 11. The Morgan fingerprint density at radius 3 is 1.56 bits per heavy atom. The monoisotopic (exact) mass is 365 g/mol. The van der Waals surface area contributed by atoms with E-state index in [2.05, 4.69) is 4.74 Å². The van der Waals surface area contributed by atoms with E-state index < -0.39 is 72.6 Å². The molecule has 0 fully saturated rings. The summed E-state index contributed by atoms with van der Waals surface area (Å²) in [7, 11) is 0. The molecule has 0 saturated carbocycles. The van der Waals surface area contributed by atoms with Crippen LogP contribution in [0, 0.1) is 0 Å². The van der Waals surface area contributed by atoms with E-state index in [9.17, 15) is 33.9 Å². The number of carboxylic acid groups (broad SMARTS) is 4. The zero-order valence-electron chi connectivity index (χ0n) is 12.5. The van der Waals surface area contributed by atoms with Gasteiger partial charge in [-0.3, -0.25) is 19.2 Å². The van der Waals surface area contributed by atoms with Crippen LogP contribution in [-0.4, -0.2) is 72.5 Å². The summed E-state index contributed by atoms with van der Waals surface area (Å²) in [5.41, 5.74) is -1.28. The van der Waals surface area contributed by atoms with E-state index in [-0.39, 0.29) is 0 Å². The Hall–Kier alpha value is -3.22. The van der Waals surface area contributed by atoms with Crippen LogP contribution >= 0.6 is 0 Å². The van der Waals surface area contributed by atoms with Crippen LogP contribution in [0.25, 0.3) is 0 Å². The lowest BCUT2D eigenvalue weighted by molar-refractivity contribution is -0.189. The number of ether oxygens (including phenoxy) is 1. The Balaban J connectivity index is 5.60. The van der Waals surface area contributed by atoms with Crippen molar-refractivity contribution >= 4 is 35.8 Å². The van der Waals surface area contributed by atoms with Crippen molar-refractivity contribution < 1.29 is 59.0 Å². The Bertz CT molecular complexity index is 595. The number of aliphatic carboxylic acids is 4. The SMILES string of the molecule is NC(=O)CC(CC(=O)O)(OC(=O)CC(O)(CC(=O)O)C(=O)O)C(=O)O. The van der Waals surface area contributed by atoms with E-state index in [1.54, 1.807) is 0 Å². The van der Waals surface area contributed by atoms with E-state index in [0.29, 0.717) is 0 Å². The summed E-state index contributed by atoms with van der Waals surface area (Å²) in [4.78, 5) is 66.4. The fraction of sp³-hybridized carbons (Fsp3) is 0.500. The maximum absolute atomic E-state index is 11.8. The Labute approximate surface area is 138 Å². The summed E-state index contributed by atoms with van der Waals surface area (Å²) in [5, 5.41) is 44.9. The Kier molecular flexibility index (Phi) is 7.01.